The van der Waals surface area contributed by atoms with Crippen molar-refractivity contribution >= 4 is 21.7 Å². The molecule has 2 amide bonds. The molecular formula is C18H26N2O4S. The summed E-state index contributed by atoms with van der Waals surface area (Å²) in [5.74, 6) is 0.287. The van der Waals surface area contributed by atoms with Gasteiger partial charge in [0.15, 0.2) is 9.84 Å². The lowest BCUT2D eigenvalue weighted by Crippen LogP contribution is -2.37. The first-order chi connectivity index (χ1) is 11.7. The number of nitrogens with one attached hydrogen (secondary N) is 1. The van der Waals surface area contributed by atoms with Crippen LogP contribution in [0.25, 0.3) is 0 Å². The molecule has 7 heteroatoms. The van der Waals surface area contributed by atoms with E-state index in [9.17, 15) is 18.0 Å². The zero-order valence-corrected chi connectivity index (χ0v) is 15.8. The van der Waals surface area contributed by atoms with E-state index < -0.39 is 9.84 Å². The van der Waals surface area contributed by atoms with Crippen LogP contribution in [-0.4, -0.2) is 56.3 Å². The van der Waals surface area contributed by atoms with Gasteiger partial charge in [-0.2, -0.15) is 0 Å². The highest BCUT2D eigenvalue weighted by Gasteiger charge is 2.33. The number of rotatable bonds is 6. The quantitative estimate of drug-likeness (QED) is 0.831. The molecule has 138 valence electrons. The van der Waals surface area contributed by atoms with Gasteiger partial charge in [0.1, 0.15) is 0 Å². The van der Waals surface area contributed by atoms with E-state index in [0.717, 1.165) is 6.42 Å². The minimum absolute atomic E-state index is 0.0194. The zero-order valence-electron chi connectivity index (χ0n) is 15.0. The molecule has 1 aliphatic heterocycles. The number of carbonyl (C=O) groups is 2. The van der Waals surface area contributed by atoms with Gasteiger partial charge in [0.05, 0.1) is 11.5 Å². The summed E-state index contributed by atoms with van der Waals surface area (Å²) >= 11 is 0. The Bertz CT molecular complexity index is 726. The summed E-state index contributed by atoms with van der Waals surface area (Å²) in [6, 6.07) is 6.18. The van der Waals surface area contributed by atoms with Crippen LogP contribution in [0.4, 0.5) is 0 Å². The van der Waals surface area contributed by atoms with Crippen LogP contribution < -0.4 is 5.32 Å². The molecule has 1 aliphatic rings. The lowest BCUT2D eigenvalue weighted by atomic mass is 10.1. The molecule has 6 nitrogen and oxygen atoms in total. The van der Waals surface area contributed by atoms with Crippen LogP contribution in [0.5, 0.6) is 0 Å². The molecule has 2 rings (SSSR count). The van der Waals surface area contributed by atoms with Crippen molar-refractivity contribution < 1.29 is 18.0 Å². The van der Waals surface area contributed by atoms with Crippen molar-refractivity contribution in [2.45, 2.75) is 32.7 Å². The summed E-state index contributed by atoms with van der Waals surface area (Å²) in [4.78, 5) is 26.0. The molecule has 1 N–H and O–H groups in total. The van der Waals surface area contributed by atoms with Gasteiger partial charge in [0, 0.05) is 30.8 Å². The van der Waals surface area contributed by atoms with Crippen LogP contribution in [0.1, 0.15) is 47.4 Å². The smallest absolute Gasteiger partial charge is 0.253 e. The van der Waals surface area contributed by atoms with Gasteiger partial charge in [0.25, 0.3) is 11.8 Å². The summed E-state index contributed by atoms with van der Waals surface area (Å²) in [5, 5.41) is 2.85. The van der Waals surface area contributed by atoms with E-state index >= 15 is 0 Å². The van der Waals surface area contributed by atoms with Crippen molar-refractivity contribution in [1.29, 1.82) is 0 Å². The number of sulfone groups is 1. The summed E-state index contributed by atoms with van der Waals surface area (Å²) in [6.45, 7) is 4.81. The molecule has 1 saturated heterocycles. The zero-order chi connectivity index (χ0) is 18.6. The standard InChI is InChI=1S/C18H26N2O4S/c1-13(2)8-10-19-17(21)14-4-6-15(7-5-14)18(22)20(3)16-9-11-25(23,24)12-16/h4-7,13,16H,8-12H2,1-3H3,(H,19,21). The highest BCUT2D eigenvalue weighted by Crippen LogP contribution is 2.18. The number of carbonyl (C=O) groups excluding carboxylic acids is 2. The second-order valence-electron chi connectivity index (χ2n) is 6.99. The minimum atomic E-state index is -3.04. The van der Waals surface area contributed by atoms with Crippen molar-refractivity contribution in [2.75, 3.05) is 25.1 Å². The van der Waals surface area contributed by atoms with Gasteiger partial charge < -0.3 is 10.2 Å². The Morgan fingerprint density at radius 1 is 1.20 bits per heavy atom. The Morgan fingerprint density at radius 3 is 2.32 bits per heavy atom. The van der Waals surface area contributed by atoms with Gasteiger partial charge in [-0.25, -0.2) is 8.42 Å². The fourth-order valence-electron chi connectivity index (χ4n) is 2.79. The number of nitrogens with zero attached hydrogens (tertiary/aromatic N) is 1. The van der Waals surface area contributed by atoms with E-state index in [-0.39, 0.29) is 29.4 Å². The lowest BCUT2D eigenvalue weighted by Gasteiger charge is -2.23. The Hall–Kier alpha value is -1.89. The van der Waals surface area contributed by atoms with Crippen molar-refractivity contribution in [1.82, 2.24) is 10.2 Å². The molecule has 0 aliphatic carbocycles. The monoisotopic (exact) mass is 366 g/mol. The minimum Gasteiger partial charge on any atom is -0.352 e. The van der Waals surface area contributed by atoms with Gasteiger partial charge in [-0.3, -0.25) is 9.59 Å². The number of hydrogen-bond acceptors (Lipinski definition) is 4. The van der Waals surface area contributed by atoms with Gasteiger partial charge in [-0.1, -0.05) is 13.8 Å². The molecule has 0 saturated carbocycles. The van der Waals surface area contributed by atoms with Gasteiger partial charge >= 0.3 is 0 Å². The molecule has 0 aromatic heterocycles. The average molecular weight is 366 g/mol. The summed E-state index contributed by atoms with van der Waals surface area (Å²) < 4.78 is 23.1. The molecule has 1 aromatic rings. The van der Waals surface area contributed by atoms with E-state index in [1.165, 1.54) is 4.90 Å². The van der Waals surface area contributed by atoms with Crippen molar-refractivity contribution in [3.05, 3.63) is 35.4 Å². The van der Waals surface area contributed by atoms with Crippen molar-refractivity contribution in [3.63, 3.8) is 0 Å². The Kier molecular flexibility index (Phi) is 6.21. The summed E-state index contributed by atoms with van der Waals surface area (Å²) in [6.07, 6.45) is 1.39. The van der Waals surface area contributed by atoms with E-state index in [4.69, 9.17) is 0 Å². The van der Waals surface area contributed by atoms with E-state index in [2.05, 4.69) is 19.2 Å². The summed E-state index contributed by atoms with van der Waals surface area (Å²) in [5.41, 5.74) is 0.955. The first-order valence-electron chi connectivity index (χ1n) is 8.55. The van der Waals surface area contributed by atoms with Gasteiger partial charge in [-0.05, 0) is 43.0 Å². The van der Waals surface area contributed by atoms with Crippen molar-refractivity contribution in [3.8, 4) is 0 Å². The number of hydrogen-bond donors (Lipinski definition) is 1. The third-order valence-corrected chi connectivity index (χ3v) is 6.23. The molecule has 0 spiro atoms. The normalized spacial score (nSPS) is 19.0. The Labute approximate surface area is 149 Å². The van der Waals surface area contributed by atoms with Crippen LogP contribution in [0.3, 0.4) is 0 Å². The average Bonchev–Trinajstić information content (AvgIpc) is 2.93. The molecule has 25 heavy (non-hydrogen) atoms. The third kappa shape index (κ3) is 5.29. The predicted molar refractivity (Wildman–Crippen MR) is 97.4 cm³/mol. The largest absolute Gasteiger partial charge is 0.352 e. The lowest BCUT2D eigenvalue weighted by molar-refractivity contribution is 0.0747. The molecule has 1 unspecified atom stereocenters. The Morgan fingerprint density at radius 2 is 1.80 bits per heavy atom. The fraction of sp³-hybridized carbons (Fsp3) is 0.556. The molecule has 0 radical (unpaired) electrons. The maximum atomic E-state index is 12.5. The van der Waals surface area contributed by atoms with Crippen LogP contribution in [0, 0.1) is 5.92 Å². The maximum absolute atomic E-state index is 12.5. The maximum Gasteiger partial charge on any atom is 0.253 e. The molecule has 1 aromatic carbocycles. The SMILES string of the molecule is CC(C)CCNC(=O)c1ccc(C(=O)N(C)C2CCS(=O)(=O)C2)cc1. The van der Waals surface area contributed by atoms with Crippen molar-refractivity contribution in [2.24, 2.45) is 5.92 Å². The predicted octanol–water partition coefficient (Wildman–Crippen LogP) is 1.72. The van der Waals surface area contributed by atoms with Crippen LogP contribution in [0.2, 0.25) is 0 Å². The molecule has 0 bridgehead atoms. The highest BCUT2D eigenvalue weighted by atomic mass is 32.2. The topological polar surface area (TPSA) is 83.6 Å². The molecule has 1 atom stereocenters. The molecular weight excluding hydrogens is 340 g/mol. The Balaban J connectivity index is 1.97. The first-order valence-corrected chi connectivity index (χ1v) is 10.4. The number of benzene rings is 1. The van der Waals surface area contributed by atoms with E-state index in [1.54, 1.807) is 31.3 Å². The van der Waals surface area contributed by atoms with Gasteiger partial charge in [0.2, 0.25) is 0 Å². The van der Waals surface area contributed by atoms with Crippen LogP contribution in [0.15, 0.2) is 24.3 Å². The van der Waals surface area contributed by atoms with Gasteiger partial charge in [-0.15, -0.1) is 0 Å². The third-order valence-electron chi connectivity index (χ3n) is 4.48. The second kappa shape index (κ2) is 7.99. The van der Waals surface area contributed by atoms with E-state index in [0.29, 0.717) is 30.0 Å². The van der Waals surface area contributed by atoms with E-state index in [1.807, 2.05) is 0 Å². The molecule has 1 heterocycles. The van der Waals surface area contributed by atoms with Crippen LogP contribution >= 0.6 is 0 Å². The first kappa shape index (κ1) is 19.4. The number of amides is 2. The summed E-state index contributed by atoms with van der Waals surface area (Å²) in [7, 11) is -1.41. The fourth-order valence-corrected chi connectivity index (χ4v) is 4.57. The highest BCUT2D eigenvalue weighted by molar-refractivity contribution is 7.91. The second-order valence-corrected chi connectivity index (χ2v) is 9.22. The molecule has 1 fully saturated rings. The van der Waals surface area contributed by atoms with Crippen LogP contribution in [-0.2, 0) is 9.84 Å².